The number of nitrogens with two attached hydrogens (primary N) is 1. The van der Waals surface area contributed by atoms with E-state index in [1.807, 2.05) is 52.0 Å². The van der Waals surface area contributed by atoms with Gasteiger partial charge in [0.1, 0.15) is 17.9 Å². The maximum atomic E-state index is 12.2. The Hall–Kier alpha value is -2.12. The number of ether oxygens (including phenoxy) is 1. The molecule has 3 unspecified atom stereocenters. The summed E-state index contributed by atoms with van der Waals surface area (Å²) in [5, 5.41) is 21.7. The molecule has 1 amide bonds. The van der Waals surface area contributed by atoms with Gasteiger partial charge in [-0.3, -0.25) is 4.79 Å². The minimum atomic E-state index is -1.49. The number of carbonyl (C=O) groups excluding carboxylic acids is 1. The number of aliphatic hydroxyl groups is 1. The van der Waals surface area contributed by atoms with E-state index >= 15 is 0 Å². The minimum Gasteiger partial charge on any atom is -0.491 e. The summed E-state index contributed by atoms with van der Waals surface area (Å²) in [7, 11) is 0. The third kappa shape index (κ3) is 7.97. The Balaban J connectivity index is 2.63. The molecule has 0 aliphatic rings. The lowest BCUT2D eigenvalue weighted by Crippen LogP contribution is -2.52. The van der Waals surface area contributed by atoms with Crippen molar-refractivity contribution in [1.82, 2.24) is 5.32 Å². The van der Waals surface area contributed by atoms with Crippen LogP contribution in [0.1, 0.15) is 46.1 Å². The van der Waals surface area contributed by atoms with Crippen LogP contribution in [0.4, 0.5) is 0 Å². The molecule has 0 aromatic heterocycles. The molecule has 4 atom stereocenters. The van der Waals surface area contributed by atoms with Gasteiger partial charge in [-0.1, -0.05) is 32.9 Å². The van der Waals surface area contributed by atoms with Crippen LogP contribution < -0.4 is 15.8 Å². The van der Waals surface area contributed by atoms with E-state index in [-0.39, 0.29) is 24.9 Å². The molecule has 0 saturated carbocycles. The van der Waals surface area contributed by atoms with Crippen molar-refractivity contribution in [3.05, 3.63) is 29.8 Å². The van der Waals surface area contributed by atoms with Crippen LogP contribution in [0.3, 0.4) is 0 Å². The van der Waals surface area contributed by atoms with Gasteiger partial charge in [-0.05, 0) is 49.8 Å². The van der Waals surface area contributed by atoms with Crippen molar-refractivity contribution in [3.8, 4) is 5.75 Å². The summed E-state index contributed by atoms with van der Waals surface area (Å²) in [6.07, 6.45) is 0.0924. The number of benzene rings is 1. The number of nitrogens with one attached hydrogen (secondary N) is 1. The zero-order valence-electron chi connectivity index (χ0n) is 16.5. The Morgan fingerprint density at radius 3 is 2.26 bits per heavy atom. The molecule has 7 nitrogen and oxygen atoms in total. The van der Waals surface area contributed by atoms with Crippen LogP contribution in [0.5, 0.6) is 5.75 Å². The van der Waals surface area contributed by atoms with Crippen molar-refractivity contribution in [2.24, 2.45) is 11.7 Å². The Kier molecular flexibility index (Phi) is 9.25. The summed E-state index contributed by atoms with van der Waals surface area (Å²) in [6, 6.07) is 5.42. The topological polar surface area (TPSA) is 122 Å². The molecule has 5 N–H and O–H groups in total. The van der Waals surface area contributed by atoms with E-state index in [9.17, 15) is 19.8 Å². The zero-order chi connectivity index (χ0) is 20.6. The van der Waals surface area contributed by atoms with Gasteiger partial charge in [0.2, 0.25) is 0 Å². The third-order valence-electron chi connectivity index (χ3n) is 4.30. The fourth-order valence-electron chi connectivity index (χ4n) is 2.55. The van der Waals surface area contributed by atoms with Gasteiger partial charge in [0.05, 0.1) is 6.10 Å². The van der Waals surface area contributed by atoms with E-state index in [1.54, 1.807) is 0 Å². The Bertz CT molecular complexity index is 603. The monoisotopic (exact) mass is 380 g/mol. The van der Waals surface area contributed by atoms with Gasteiger partial charge in [0, 0.05) is 6.04 Å². The average Bonchev–Trinajstić information content (AvgIpc) is 2.61. The summed E-state index contributed by atoms with van der Waals surface area (Å²) in [4.78, 5) is 23.4. The lowest BCUT2D eigenvalue weighted by molar-refractivity contribution is -0.144. The fourth-order valence-corrected chi connectivity index (χ4v) is 2.55. The summed E-state index contributed by atoms with van der Waals surface area (Å²) >= 11 is 0. The molecule has 0 saturated heterocycles. The van der Waals surface area contributed by atoms with Crippen LogP contribution in [-0.2, 0) is 16.0 Å². The van der Waals surface area contributed by atoms with E-state index in [0.29, 0.717) is 0 Å². The van der Waals surface area contributed by atoms with Gasteiger partial charge in [0.25, 0.3) is 5.91 Å². The fraction of sp³-hybridized carbons (Fsp3) is 0.600. The summed E-state index contributed by atoms with van der Waals surface area (Å²) in [6.45, 7) is 7.75. The second kappa shape index (κ2) is 10.9. The predicted molar refractivity (Wildman–Crippen MR) is 104 cm³/mol. The predicted octanol–water partition coefficient (Wildman–Crippen LogP) is 1.71. The lowest BCUT2D eigenvalue weighted by Gasteiger charge is -2.22. The van der Waals surface area contributed by atoms with Crippen molar-refractivity contribution in [3.63, 3.8) is 0 Å². The Morgan fingerprint density at radius 1 is 1.19 bits per heavy atom. The molecule has 152 valence electrons. The highest BCUT2D eigenvalue weighted by molar-refractivity contribution is 5.86. The first-order valence-electron chi connectivity index (χ1n) is 9.36. The van der Waals surface area contributed by atoms with E-state index in [4.69, 9.17) is 10.5 Å². The number of aliphatic hydroxyl groups excluding tert-OH is 1. The van der Waals surface area contributed by atoms with Gasteiger partial charge < -0.3 is 26.0 Å². The first kappa shape index (κ1) is 22.9. The molecule has 0 fully saturated rings. The van der Waals surface area contributed by atoms with Crippen LogP contribution in [0.2, 0.25) is 0 Å². The van der Waals surface area contributed by atoms with Gasteiger partial charge >= 0.3 is 5.97 Å². The molecular formula is C20H32N2O5. The molecule has 1 rings (SSSR count). The number of carboxylic acid groups (broad SMARTS) is 1. The number of amides is 1. The molecule has 0 spiro atoms. The number of rotatable bonds is 11. The summed E-state index contributed by atoms with van der Waals surface area (Å²) < 4.78 is 5.71. The van der Waals surface area contributed by atoms with Crippen LogP contribution in [0.15, 0.2) is 24.3 Å². The first-order valence-corrected chi connectivity index (χ1v) is 9.36. The Labute approximate surface area is 160 Å². The van der Waals surface area contributed by atoms with E-state index in [0.717, 1.165) is 17.7 Å². The number of carboxylic acids is 1. The molecule has 0 radical (unpaired) electrons. The highest BCUT2D eigenvalue weighted by atomic mass is 16.5. The standard InChI is InChI=1S/C20H32N2O5/c1-5-13(4)27-15-8-6-14(7-9-15)11-16(21)18(23)19(24)22-17(20(25)26)10-12(2)3/h6-9,12-13,16-18,23H,5,10-11,21H2,1-4H3,(H,22,24)(H,25,26)/t13?,16?,17-,18?/m0/s1. The third-order valence-corrected chi connectivity index (χ3v) is 4.30. The van der Waals surface area contributed by atoms with Crippen molar-refractivity contribution in [2.75, 3.05) is 0 Å². The smallest absolute Gasteiger partial charge is 0.326 e. The highest BCUT2D eigenvalue weighted by Gasteiger charge is 2.28. The summed E-state index contributed by atoms with van der Waals surface area (Å²) in [5.41, 5.74) is 6.80. The molecule has 0 bridgehead atoms. The van der Waals surface area contributed by atoms with Gasteiger partial charge in [-0.25, -0.2) is 4.79 Å². The SMILES string of the molecule is CCC(C)Oc1ccc(CC(N)C(O)C(=O)N[C@@H](CC(C)C)C(=O)O)cc1. The van der Waals surface area contributed by atoms with Crippen molar-refractivity contribution in [2.45, 2.75) is 71.2 Å². The van der Waals surface area contributed by atoms with Crippen LogP contribution in [0, 0.1) is 5.92 Å². The number of carbonyl (C=O) groups is 2. The van der Waals surface area contributed by atoms with Crippen LogP contribution >= 0.6 is 0 Å². The number of hydrogen-bond donors (Lipinski definition) is 4. The van der Waals surface area contributed by atoms with Crippen LogP contribution in [-0.4, -0.2) is 46.4 Å². The number of hydrogen-bond acceptors (Lipinski definition) is 5. The Morgan fingerprint density at radius 2 is 1.78 bits per heavy atom. The van der Waals surface area contributed by atoms with Gasteiger partial charge in [-0.2, -0.15) is 0 Å². The quantitative estimate of drug-likeness (QED) is 0.464. The molecule has 7 heteroatoms. The van der Waals surface area contributed by atoms with E-state index in [1.165, 1.54) is 0 Å². The lowest BCUT2D eigenvalue weighted by atomic mass is 10.00. The highest BCUT2D eigenvalue weighted by Crippen LogP contribution is 2.16. The summed E-state index contributed by atoms with van der Waals surface area (Å²) in [5.74, 6) is -1.06. The molecule has 27 heavy (non-hydrogen) atoms. The zero-order valence-corrected chi connectivity index (χ0v) is 16.5. The van der Waals surface area contributed by atoms with E-state index < -0.39 is 30.1 Å². The minimum absolute atomic E-state index is 0.0911. The van der Waals surface area contributed by atoms with Crippen molar-refractivity contribution < 1.29 is 24.5 Å². The van der Waals surface area contributed by atoms with Gasteiger partial charge in [0.15, 0.2) is 0 Å². The second-order valence-electron chi connectivity index (χ2n) is 7.32. The first-order chi connectivity index (χ1) is 12.6. The van der Waals surface area contributed by atoms with Crippen molar-refractivity contribution in [1.29, 1.82) is 0 Å². The number of aliphatic carboxylic acids is 1. The molecule has 1 aromatic carbocycles. The molecular weight excluding hydrogens is 348 g/mol. The maximum Gasteiger partial charge on any atom is 0.326 e. The average molecular weight is 380 g/mol. The molecule has 1 aromatic rings. The maximum absolute atomic E-state index is 12.2. The molecule has 0 aliphatic heterocycles. The van der Waals surface area contributed by atoms with Crippen LogP contribution in [0.25, 0.3) is 0 Å². The molecule has 0 aliphatic carbocycles. The normalized spacial score (nSPS) is 15.7. The second-order valence-corrected chi connectivity index (χ2v) is 7.32. The van der Waals surface area contributed by atoms with Gasteiger partial charge in [-0.15, -0.1) is 0 Å². The van der Waals surface area contributed by atoms with E-state index in [2.05, 4.69) is 5.32 Å². The largest absolute Gasteiger partial charge is 0.491 e. The van der Waals surface area contributed by atoms with Crippen molar-refractivity contribution >= 4 is 11.9 Å². The molecule has 0 heterocycles.